The molecule has 8 nitrogen and oxygen atoms in total. The lowest BCUT2D eigenvalue weighted by Crippen LogP contribution is -2.46. The van der Waals surface area contributed by atoms with E-state index in [2.05, 4.69) is 20.5 Å². The maximum absolute atomic E-state index is 12.3. The summed E-state index contributed by atoms with van der Waals surface area (Å²) in [6.07, 6.45) is 0.195. The van der Waals surface area contributed by atoms with Gasteiger partial charge in [-0.3, -0.25) is 14.5 Å². The standard InChI is InChI=1S/C17H23N5O3/c1-13(12-21-8-10-25-11-9-21)18-16(23)6-7-22-17(24)14-4-2-3-5-15(14)19-20-22/h2-5,13H,6-12H2,1H3,(H,18,23)/t13-/m1/s1. The average molecular weight is 345 g/mol. The normalized spacial score (nSPS) is 16.7. The van der Waals surface area contributed by atoms with Gasteiger partial charge in [0, 0.05) is 32.1 Å². The second-order valence-electron chi connectivity index (χ2n) is 6.27. The fourth-order valence-electron chi connectivity index (χ4n) is 2.94. The first-order valence-electron chi connectivity index (χ1n) is 8.55. The molecule has 1 aromatic carbocycles. The Morgan fingerprint density at radius 2 is 2.08 bits per heavy atom. The minimum atomic E-state index is -0.222. The van der Waals surface area contributed by atoms with E-state index in [1.807, 2.05) is 13.0 Å². The summed E-state index contributed by atoms with van der Waals surface area (Å²) in [6.45, 7) is 6.26. The summed E-state index contributed by atoms with van der Waals surface area (Å²) >= 11 is 0. The first-order chi connectivity index (χ1) is 12.1. The van der Waals surface area contributed by atoms with E-state index in [1.165, 1.54) is 4.68 Å². The van der Waals surface area contributed by atoms with E-state index in [9.17, 15) is 9.59 Å². The lowest BCUT2D eigenvalue weighted by Gasteiger charge is -2.29. The number of aromatic nitrogens is 3. The lowest BCUT2D eigenvalue weighted by molar-refractivity contribution is -0.122. The van der Waals surface area contributed by atoms with Crippen molar-refractivity contribution in [3.8, 4) is 0 Å². The Morgan fingerprint density at radius 3 is 2.88 bits per heavy atom. The van der Waals surface area contributed by atoms with Crippen molar-refractivity contribution in [2.75, 3.05) is 32.8 Å². The van der Waals surface area contributed by atoms with Gasteiger partial charge in [0.15, 0.2) is 0 Å². The molecule has 2 heterocycles. The Bertz CT molecular complexity index is 785. The van der Waals surface area contributed by atoms with Gasteiger partial charge in [0.05, 0.1) is 25.1 Å². The third-order valence-electron chi connectivity index (χ3n) is 4.22. The zero-order valence-electron chi connectivity index (χ0n) is 14.4. The van der Waals surface area contributed by atoms with Crippen LogP contribution in [0.25, 0.3) is 10.9 Å². The Morgan fingerprint density at radius 1 is 1.32 bits per heavy atom. The molecule has 0 spiro atoms. The molecule has 0 radical (unpaired) electrons. The quantitative estimate of drug-likeness (QED) is 0.794. The molecule has 0 unspecified atom stereocenters. The summed E-state index contributed by atoms with van der Waals surface area (Å²) < 4.78 is 6.56. The second kappa shape index (κ2) is 8.17. The molecule has 1 N–H and O–H groups in total. The van der Waals surface area contributed by atoms with E-state index in [0.717, 1.165) is 32.8 Å². The monoisotopic (exact) mass is 345 g/mol. The molecule has 1 amide bonds. The van der Waals surface area contributed by atoms with Crippen LogP contribution in [-0.4, -0.2) is 64.7 Å². The topological polar surface area (TPSA) is 89.3 Å². The molecule has 2 aromatic rings. The van der Waals surface area contributed by atoms with Crippen molar-refractivity contribution in [2.45, 2.75) is 25.9 Å². The number of amides is 1. The predicted molar refractivity (Wildman–Crippen MR) is 93.3 cm³/mol. The smallest absolute Gasteiger partial charge is 0.277 e. The third kappa shape index (κ3) is 4.61. The highest BCUT2D eigenvalue weighted by Crippen LogP contribution is 2.03. The van der Waals surface area contributed by atoms with Crippen LogP contribution in [0.3, 0.4) is 0 Å². The number of fused-ring (bicyclic) bond motifs is 1. The zero-order chi connectivity index (χ0) is 17.6. The fraction of sp³-hybridized carbons (Fsp3) is 0.529. The van der Waals surface area contributed by atoms with Gasteiger partial charge in [-0.15, -0.1) is 5.10 Å². The van der Waals surface area contributed by atoms with Crippen LogP contribution >= 0.6 is 0 Å². The molecular formula is C17H23N5O3. The third-order valence-corrected chi connectivity index (χ3v) is 4.22. The molecule has 8 heteroatoms. The molecule has 1 atom stereocenters. The van der Waals surface area contributed by atoms with E-state index in [4.69, 9.17) is 4.74 Å². The van der Waals surface area contributed by atoms with Crippen LogP contribution < -0.4 is 10.9 Å². The molecule has 134 valence electrons. The van der Waals surface area contributed by atoms with Crippen LogP contribution in [0.15, 0.2) is 29.1 Å². The maximum atomic E-state index is 12.3. The van der Waals surface area contributed by atoms with E-state index in [1.54, 1.807) is 18.2 Å². The van der Waals surface area contributed by atoms with Gasteiger partial charge < -0.3 is 10.1 Å². The number of morpholine rings is 1. The summed E-state index contributed by atoms with van der Waals surface area (Å²) in [5.74, 6) is -0.0948. The first-order valence-corrected chi connectivity index (χ1v) is 8.55. The highest BCUT2D eigenvalue weighted by molar-refractivity contribution is 5.77. The van der Waals surface area contributed by atoms with Crippen LogP contribution in [0, 0.1) is 0 Å². The van der Waals surface area contributed by atoms with Crippen molar-refractivity contribution in [1.82, 2.24) is 25.2 Å². The number of carbonyl (C=O) groups excluding carboxylic acids is 1. The minimum Gasteiger partial charge on any atom is -0.379 e. The van der Waals surface area contributed by atoms with Crippen molar-refractivity contribution in [2.24, 2.45) is 0 Å². The maximum Gasteiger partial charge on any atom is 0.277 e. The first kappa shape index (κ1) is 17.5. The molecule has 0 aliphatic carbocycles. The Kier molecular flexibility index (Phi) is 5.72. The molecular weight excluding hydrogens is 322 g/mol. The number of ether oxygens (including phenoxy) is 1. The van der Waals surface area contributed by atoms with Crippen LogP contribution in [0.5, 0.6) is 0 Å². The van der Waals surface area contributed by atoms with Crippen LogP contribution in [0.2, 0.25) is 0 Å². The van der Waals surface area contributed by atoms with Crippen LogP contribution in [-0.2, 0) is 16.1 Å². The summed E-state index contributed by atoms with van der Waals surface area (Å²) in [5, 5.41) is 11.4. The van der Waals surface area contributed by atoms with Gasteiger partial charge in [-0.2, -0.15) is 0 Å². The Hall–Kier alpha value is -2.32. The van der Waals surface area contributed by atoms with Crippen molar-refractivity contribution >= 4 is 16.8 Å². The number of nitrogens with one attached hydrogen (secondary N) is 1. The van der Waals surface area contributed by atoms with Crippen molar-refractivity contribution in [3.63, 3.8) is 0 Å². The number of hydrogen-bond acceptors (Lipinski definition) is 6. The number of carbonyl (C=O) groups is 1. The van der Waals surface area contributed by atoms with E-state index >= 15 is 0 Å². The van der Waals surface area contributed by atoms with E-state index in [-0.39, 0.29) is 30.5 Å². The minimum absolute atomic E-state index is 0.0463. The second-order valence-corrected chi connectivity index (χ2v) is 6.27. The molecule has 0 saturated carbocycles. The molecule has 1 aliphatic heterocycles. The van der Waals surface area contributed by atoms with E-state index < -0.39 is 0 Å². The zero-order valence-corrected chi connectivity index (χ0v) is 14.4. The predicted octanol–water partition coefficient (Wildman–Crippen LogP) is 0.0185. The Labute approximate surface area is 145 Å². The summed E-state index contributed by atoms with van der Waals surface area (Å²) in [5.41, 5.74) is 0.340. The summed E-state index contributed by atoms with van der Waals surface area (Å²) in [7, 11) is 0. The summed E-state index contributed by atoms with van der Waals surface area (Å²) in [6, 6.07) is 7.10. The van der Waals surface area contributed by atoms with Gasteiger partial charge in [-0.25, -0.2) is 4.68 Å². The molecule has 1 aliphatic rings. The number of hydrogen-bond donors (Lipinski definition) is 1. The Balaban J connectivity index is 1.52. The van der Waals surface area contributed by atoms with Crippen molar-refractivity contribution < 1.29 is 9.53 Å². The number of aryl methyl sites for hydroxylation is 1. The van der Waals surface area contributed by atoms with Gasteiger partial charge in [0.2, 0.25) is 5.91 Å². The highest BCUT2D eigenvalue weighted by Gasteiger charge is 2.15. The van der Waals surface area contributed by atoms with Crippen LogP contribution in [0.4, 0.5) is 0 Å². The number of nitrogens with zero attached hydrogens (tertiary/aromatic N) is 4. The summed E-state index contributed by atoms with van der Waals surface area (Å²) in [4.78, 5) is 26.7. The van der Waals surface area contributed by atoms with Gasteiger partial charge in [-0.05, 0) is 19.1 Å². The molecule has 1 aromatic heterocycles. The van der Waals surface area contributed by atoms with Crippen molar-refractivity contribution in [1.29, 1.82) is 0 Å². The van der Waals surface area contributed by atoms with Gasteiger partial charge in [0.25, 0.3) is 5.56 Å². The van der Waals surface area contributed by atoms with Crippen molar-refractivity contribution in [3.05, 3.63) is 34.6 Å². The largest absolute Gasteiger partial charge is 0.379 e. The number of rotatable bonds is 6. The molecule has 25 heavy (non-hydrogen) atoms. The molecule has 1 saturated heterocycles. The highest BCUT2D eigenvalue weighted by atomic mass is 16.5. The SMILES string of the molecule is C[C@H](CN1CCOCC1)NC(=O)CCn1nnc2ccccc2c1=O. The van der Waals surface area contributed by atoms with Crippen LogP contribution in [0.1, 0.15) is 13.3 Å². The fourth-order valence-corrected chi connectivity index (χ4v) is 2.94. The van der Waals surface area contributed by atoms with E-state index in [0.29, 0.717) is 10.9 Å². The van der Waals surface area contributed by atoms with Gasteiger partial charge >= 0.3 is 0 Å². The van der Waals surface area contributed by atoms with Gasteiger partial charge in [-0.1, -0.05) is 17.3 Å². The number of benzene rings is 1. The molecule has 3 rings (SSSR count). The molecule has 1 fully saturated rings. The van der Waals surface area contributed by atoms with Gasteiger partial charge in [0.1, 0.15) is 5.52 Å². The lowest BCUT2D eigenvalue weighted by atomic mass is 10.2. The molecule has 0 bridgehead atoms. The average Bonchev–Trinajstić information content (AvgIpc) is 2.62.